The van der Waals surface area contributed by atoms with Crippen molar-refractivity contribution in [2.75, 3.05) is 13.2 Å². The van der Waals surface area contributed by atoms with Gasteiger partial charge in [0.1, 0.15) is 12.4 Å². The zero-order chi connectivity index (χ0) is 18.4. The van der Waals surface area contributed by atoms with E-state index in [1.54, 1.807) is 13.1 Å². The molecule has 3 aromatic rings. The van der Waals surface area contributed by atoms with Gasteiger partial charge in [-0.1, -0.05) is 48.4 Å². The molecule has 0 saturated heterocycles. The number of hydrogen-bond acceptors (Lipinski definition) is 3. The molecule has 26 heavy (non-hydrogen) atoms. The van der Waals surface area contributed by atoms with Gasteiger partial charge in [0.05, 0.1) is 6.61 Å². The number of hydrogen-bond donors (Lipinski definition) is 1. The third-order valence-electron chi connectivity index (χ3n) is 4.54. The summed E-state index contributed by atoms with van der Waals surface area (Å²) >= 11 is 0. The number of aryl methyl sites for hydroxylation is 1. The molecule has 0 spiro atoms. The number of benzene rings is 2. The Hall–Kier alpha value is -2.83. The number of ether oxygens (including phenoxy) is 1. The van der Waals surface area contributed by atoms with Crippen molar-refractivity contribution < 1.29 is 9.84 Å². The molecule has 0 radical (unpaired) electrons. The predicted molar refractivity (Wildman–Crippen MR) is 105 cm³/mol. The molecular formula is C23H23NO2. The van der Waals surface area contributed by atoms with Crippen LogP contribution in [0.1, 0.15) is 29.7 Å². The second-order valence-corrected chi connectivity index (χ2v) is 6.31. The maximum atomic E-state index is 9.98. The zero-order valence-corrected chi connectivity index (χ0v) is 15.2. The summed E-state index contributed by atoms with van der Waals surface area (Å²) in [6, 6.07) is 16.5. The third-order valence-corrected chi connectivity index (χ3v) is 4.54. The van der Waals surface area contributed by atoms with Crippen molar-refractivity contribution in [3.05, 3.63) is 71.5 Å². The van der Waals surface area contributed by atoms with Crippen molar-refractivity contribution in [2.45, 2.75) is 26.2 Å². The van der Waals surface area contributed by atoms with Gasteiger partial charge in [-0.25, -0.2) is 0 Å². The molecule has 0 aliphatic heterocycles. The average molecular weight is 345 g/mol. The molecule has 2 aromatic carbocycles. The lowest BCUT2D eigenvalue weighted by Crippen LogP contribution is -2.11. The standard InChI is InChI=1S/C23H23NO2/c1-3-4-12-26-23-14-22(24-15-17(23)2)20(16-25)13-19-10-7-9-18-8-5-6-11-21(18)19/h5-11,14-15,20,25H,12-13,16H2,1-2H3. The van der Waals surface area contributed by atoms with Gasteiger partial charge < -0.3 is 9.84 Å². The van der Waals surface area contributed by atoms with Gasteiger partial charge in [0.25, 0.3) is 0 Å². The minimum Gasteiger partial charge on any atom is -0.481 e. The van der Waals surface area contributed by atoms with Crippen molar-refractivity contribution >= 4 is 10.8 Å². The maximum absolute atomic E-state index is 9.98. The summed E-state index contributed by atoms with van der Waals surface area (Å²) in [5.74, 6) is 6.42. The molecule has 0 bridgehead atoms. The van der Waals surface area contributed by atoms with E-state index in [1.165, 1.54) is 16.3 Å². The van der Waals surface area contributed by atoms with Crippen LogP contribution in [0.2, 0.25) is 0 Å². The van der Waals surface area contributed by atoms with Crippen molar-refractivity contribution in [1.82, 2.24) is 4.98 Å². The first-order valence-electron chi connectivity index (χ1n) is 8.79. The number of rotatable bonds is 6. The SMILES string of the molecule is CC#CCOc1cc(C(CO)Cc2cccc3ccccc23)ncc1C. The van der Waals surface area contributed by atoms with E-state index in [4.69, 9.17) is 4.74 Å². The highest BCUT2D eigenvalue weighted by Gasteiger charge is 2.16. The van der Waals surface area contributed by atoms with Gasteiger partial charge in [0.2, 0.25) is 0 Å². The summed E-state index contributed by atoms with van der Waals surface area (Å²) in [5, 5.41) is 12.4. The second kappa shape index (κ2) is 8.51. The molecule has 1 atom stereocenters. The van der Waals surface area contributed by atoms with E-state index in [2.05, 4.69) is 47.2 Å². The third kappa shape index (κ3) is 4.04. The Labute approximate surface area is 154 Å². The first kappa shape index (κ1) is 18.0. The van der Waals surface area contributed by atoms with Crippen LogP contribution in [-0.2, 0) is 6.42 Å². The molecule has 0 aliphatic rings. The normalized spacial score (nSPS) is 11.7. The molecule has 0 amide bonds. The summed E-state index contributed by atoms with van der Waals surface area (Å²) in [6.45, 7) is 4.14. The van der Waals surface area contributed by atoms with E-state index < -0.39 is 0 Å². The Balaban J connectivity index is 1.88. The lowest BCUT2D eigenvalue weighted by Gasteiger charge is -2.17. The largest absolute Gasteiger partial charge is 0.481 e. The van der Waals surface area contributed by atoms with E-state index >= 15 is 0 Å². The average Bonchev–Trinajstić information content (AvgIpc) is 2.68. The highest BCUT2D eigenvalue weighted by Crippen LogP contribution is 2.28. The van der Waals surface area contributed by atoms with Gasteiger partial charge in [-0.3, -0.25) is 4.98 Å². The number of nitrogens with zero attached hydrogens (tertiary/aromatic N) is 1. The summed E-state index contributed by atoms with van der Waals surface area (Å²) in [4.78, 5) is 4.54. The minimum atomic E-state index is -0.0824. The predicted octanol–water partition coefficient (Wildman–Crippen LogP) is 4.26. The molecule has 1 unspecified atom stereocenters. The molecule has 3 rings (SSSR count). The fraction of sp³-hybridized carbons (Fsp3) is 0.261. The van der Waals surface area contributed by atoms with Crippen LogP contribution in [0.4, 0.5) is 0 Å². The van der Waals surface area contributed by atoms with Crippen LogP contribution in [0.25, 0.3) is 10.8 Å². The van der Waals surface area contributed by atoms with Crippen molar-refractivity contribution in [3.8, 4) is 17.6 Å². The molecule has 132 valence electrons. The Bertz CT molecular complexity index is 948. The molecule has 3 heteroatoms. The Morgan fingerprint density at radius 2 is 1.96 bits per heavy atom. The Morgan fingerprint density at radius 3 is 2.77 bits per heavy atom. The summed E-state index contributed by atoms with van der Waals surface area (Å²) < 4.78 is 5.74. The van der Waals surface area contributed by atoms with Crippen LogP contribution >= 0.6 is 0 Å². The molecule has 0 fully saturated rings. The highest BCUT2D eigenvalue weighted by molar-refractivity contribution is 5.85. The smallest absolute Gasteiger partial charge is 0.149 e. The van der Waals surface area contributed by atoms with Crippen molar-refractivity contribution in [2.24, 2.45) is 0 Å². The van der Waals surface area contributed by atoms with Crippen molar-refractivity contribution in [3.63, 3.8) is 0 Å². The van der Waals surface area contributed by atoms with Crippen LogP contribution in [0, 0.1) is 18.8 Å². The van der Waals surface area contributed by atoms with Crippen LogP contribution in [0.3, 0.4) is 0 Å². The number of pyridine rings is 1. The first-order valence-corrected chi connectivity index (χ1v) is 8.79. The summed E-state index contributed by atoms with van der Waals surface area (Å²) in [6.07, 6.45) is 2.53. The van der Waals surface area contributed by atoms with Gasteiger partial charge in [-0.15, -0.1) is 5.92 Å². The molecule has 1 N–H and O–H groups in total. The molecule has 1 aromatic heterocycles. The van der Waals surface area contributed by atoms with Crippen molar-refractivity contribution in [1.29, 1.82) is 0 Å². The Kier molecular flexibility index (Phi) is 5.88. The molecule has 0 saturated carbocycles. The fourth-order valence-corrected chi connectivity index (χ4v) is 3.08. The quantitative estimate of drug-likeness (QED) is 0.679. The van der Waals surface area contributed by atoms with E-state index in [1.807, 2.05) is 25.1 Å². The number of aliphatic hydroxyl groups is 1. The topological polar surface area (TPSA) is 42.4 Å². The first-order chi connectivity index (χ1) is 12.7. The van der Waals surface area contributed by atoms with Crippen LogP contribution in [-0.4, -0.2) is 23.3 Å². The number of fused-ring (bicyclic) bond motifs is 1. The zero-order valence-electron chi connectivity index (χ0n) is 15.2. The van der Waals surface area contributed by atoms with Gasteiger partial charge >= 0.3 is 0 Å². The molecule has 1 heterocycles. The van der Waals surface area contributed by atoms with Crippen LogP contribution in [0.15, 0.2) is 54.7 Å². The maximum Gasteiger partial charge on any atom is 0.149 e. The molecule has 0 aliphatic carbocycles. The van der Waals surface area contributed by atoms with Crippen LogP contribution < -0.4 is 4.74 Å². The fourth-order valence-electron chi connectivity index (χ4n) is 3.08. The minimum absolute atomic E-state index is 0.0352. The summed E-state index contributed by atoms with van der Waals surface area (Å²) in [5.41, 5.74) is 3.02. The lowest BCUT2D eigenvalue weighted by atomic mass is 9.92. The molecular weight excluding hydrogens is 322 g/mol. The van der Waals surface area contributed by atoms with E-state index in [-0.39, 0.29) is 12.5 Å². The number of aliphatic hydroxyl groups excluding tert-OH is 1. The van der Waals surface area contributed by atoms with Gasteiger partial charge in [-0.2, -0.15) is 0 Å². The summed E-state index contributed by atoms with van der Waals surface area (Å²) in [7, 11) is 0. The number of aromatic nitrogens is 1. The van der Waals surface area contributed by atoms with Crippen LogP contribution in [0.5, 0.6) is 5.75 Å². The van der Waals surface area contributed by atoms with Gasteiger partial charge in [0.15, 0.2) is 0 Å². The van der Waals surface area contributed by atoms with Gasteiger partial charge in [0, 0.05) is 29.4 Å². The second-order valence-electron chi connectivity index (χ2n) is 6.31. The Morgan fingerprint density at radius 1 is 1.15 bits per heavy atom. The molecule has 3 nitrogen and oxygen atoms in total. The van der Waals surface area contributed by atoms with E-state index in [0.717, 1.165) is 23.4 Å². The van der Waals surface area contributed by atoms with E-state index in [0.29, 0.717) is 6.61 Å². The van der Waals surface area contributed by atoms with Gasteiger partial charge in [-0.05, 0) is 36.6 Å². The lowest BCUT2D eigenvalue weighted by molar-refractivity contribution is 0.262. The highest BCUT2D eigenvalue weighted by atomic mass is 16.5. The monoisotopic (exact) mass is 345 g/mol. The van der Waals surface area contributed by atoms with E-state index in [9.17, 15) is 5.11 Å².